The van der Waals surface area contributed by atoms with Gasteiger partial charge in [-0.05, 0) is 42.7 Å². The van der Waals surface area contributed by atoms with Gasteiger partial charge in [0.05, 0.1) is 0 Å². The van der Waals surface area contributed by atoms with Gasteiger partial charge in [-0.3, -0.25) is 4.79 Å². The number of esters is 1. The van der Waals surface area contributed by atoms with Gasteiger partial charge in [0, 0.05) is 12.2 Å². The number of rotatable bonds is 2. The van der Waals surface area contributed by atoms with E-state index in [9.17, 15) is 4.79 Å². The third-order valence-electron chi connectivity index (χ3n) is 4.69. The monoisotopic (exact) mass is 273 g/mol. The Morgan fingerprint density at radius 1 is 1.25 bits per heavy atom. The molecule has 1 unspecified atom stereocenters. The van der Waals surface area contributed by atoms with Crippen LogP contribution >= 0.6 is 0 Å². The second-order valence-electron chi connectivity index (χ2n) is 6.82. The fraction of sp³-hybridized carbons (Fsp3) is 0.588. The van der Waals surface area contributed by atoms with Crippen LogP contribution in [0.4, 0.5) is 5.69 Å². The predicted molar refractivity (Wildman–Crippen MR) is 79.8 cm³/mol. The van der Waals surface area contributed by atoms with Gasteiger partial charge in [0.2, 0.25) is 0 Å². The largest absolute Gasteiger partial charge is 0.462 e. The van der Waals surface area contributed by atoms with Gasteiger partial charge >= 0.3 is 5.97 Å². The molecule has 1 aromatic carbocycles. The highest BCUT2D eigenvalue weighted by Crippen LogP contribution is 2.37. The van der Waals surface area contributed by atoms with Gasteiger partial charge in [0.25, 0.3) is 0 Å². The minimum absolute atomic E-state index is 0.0628. The number of nitrogens with one attached hydrogen (secondary N) is 1. The maximum Gasteiger partial charge on any atom is 0.315 e. The molecule has 1 saturated carbocycles. The van der Waals surface area contributed by atoms with Crippen LogP contribution in [0.5, 0.6) is 0 Å². The van der Waals surface area contributed by atoms with Crippen molar-refractivity contribution in [2.24, 2.45) is 5.41 Å². The third kappa shape index (κ3) is 2.67. The number of benzene rings is 1. The van der Waals surface area contributed by atoms with E-state index in [0.717, 1.165) is 36.9 Å². The van der Waals surface area contributed by atoms with Crippen molar-refractivity contribution in [2.45, 2.75) is 51.6 Å². The number of carbonyl (C=O) groups excluding carboxylic acids is 1. The second-order valence-corrected chi connectivity index (χ2v) is 6.82. The molecule has 1 N–H and O–H groups in total. The first-order valence-electron chi connectivity index (χ1n) is 7.58. The van der Waals surface area contributed by atoms with Crippen molar-refractivity contribution in [1.82, 2.24) is 0 Å². The molecule has 0 aromatic heterocycles. The lowest BCUT2D eigenvalue weighted by Crippen LogP contribution is -2.30. The summed E-state index contributed by atoms with van der Waals surface area (Å²) in [6.07, 6.45) is 4.40. The Balaban J connectivity index is 1.61. The van der Waals surface area contributed by atoms with Crippen molar-refractivity contribution >= 4 is 11.7 Å². The predicted octanol–water partition coefficient (Wildman–Crippen LogP) is 3.71. The Labute approximate surface area is 120 Å². The molecule has 0 spiro atoms. The van der Waals surface area contributed by atoms with Crippen molar-refractivity contribution in [3.63, 3.8) is 0 Å². The molecule has 1 atom stereocenters. The number of carbonyl (C=O) groups is 1. The van der Waals surface area contributed by atoms with Gasteiger partial charge in [0.15, 0.2) is 0 Å². The van der Waals surface area contributed by atoms with Crippen molar-refractivity contribution in [3.8, 4) is 0 Å². The van der Waals surface area contributed by atoms with Gasteiger partial charge in [-0.25, -0.2) is 0 Å². The molecule has 1 heterocycles. The molecule has 1 aromatic rings. The molecule has 1 aliphatic heterocycles. The summed E-state index contributed by atoms with van der Waals surface area (Å²) in [4.78, 5) is 12.4. The number of hydrogen-bond acceptors (Lipinski definition) is 3. The molecule has 0 radical (unpaired) electrons. The van der Waals surface area contributed by atoms with Crippen molar-refractivity contribution < 1.29 is 9.53 Å². The van der Waals surface area contributed by atoms with E-state index in [4.69, 9.17) is 4.74 Å². The molecule has 3 heteroatoms. The molecule has 108 valence electrons. The lowest BCUT2D eigenvalue weighted by molar-refractivity contribution is -0.153. The minimum atomic E-state index is -0.138. The standard InChI is InChI=1S/C17H23NO2/c1-17(2)9-7-12(8-10-17)20-16(19)14-11-18-15-6-4-3-5-13(14)15/h3-6,12,14,18H,7-11H2,1-2H3. The van der Waals surface area contributed by atoms with Crippen LogP contribution < -0.4 is 5.32 Å². The average molecular weight is 273 g/mol. The molecule has 1 fully saturated rings. The van der Waals surface area contributed by atoms with E-state index < -0.39 is 0 Å². The van der Waals surface area contributed by atoms with E-state index in [0.29, 0.717) is 12.0 Å². The Bertz CT molecular complexity index is 499. The Kier molecular flexibility index (Phi) is 3.45. The van der Waals surface area contributed by atoms with E-state index in [-0.39, 0.29) is 18.0 Å². The molecular formula is C17H23NO2. The average Bonchev–Trinajstić information content (AvgIpc) is 2.85. The molecule has 0 bridgehead atoms. The first-order valence-corrected chi connectivity index (χ1v) is 7.58. The SMILES string of the molecule is CC1(C)CCC(OC(=O)C2CNc3ccccc32)CC1. The number of hydrogen-bond donors (Lipinski definition) is 1. The number of fused-ring (bicyclic) bond motifs is 1. The van der Waals surface area contributed by atoms with Crippen LogP contribution in [0.15, 0.2) is 24.3 Å². The minimum Gasteiger partial charge on any atom is -0.462 e. The highest BCUT2D eigenvalue weighted by Gasteiger charge is 2.33. The maximum absolute atomic E-state index is 12.4. The topological polar surface area (TPSA) is 38.3 Å². The number of para-hydroxylation sites is 1. The maximum atomic E-state index is 12.4. The van der Waals surface area contributed by atoms with Gasteiger partial charge in [-0.15, -0.1) is 0 Å². The Hall–Kier alpha value is -1.51. The van der Waals surface area contributed by atoms with Gasteiger partial charge in [-0.2, -0.15) is 0 Å². The van der Waals surface area contributed by atoms with Crippen molar-refractivity contribution in [1.29, 1.82) is 0 Å². The molecule has 3 nitrogen and oxygen atoms in total. The summed E-state index contributed by atoms with van der Waals surface area (Å²) in [5.41, 5.74) is 2.55. The molecule has 2 aliphatic rings. The van der Waals surface area contributed by atoms with E-state index in [1.165, 1.54) is 0 Å². The first kappa shape index (κ1) is 13.5. The van der Waals surface area contributed by atoms with E-state index in [2.05, 4.69) is 19.2 Å². The van der Waals surface area contributed by atoms with E-state index >= 15 is 0 Å². The van der Waals surface area contributed by atoms with E-state index in [1.807, 2.05) is 24.3 Å². The van der Waals surface area contributed by atoms with Crippen LogP contribution in [0.3, 0.4) is 0 Å². The van der Waals surface area contributed by atoms with Crippen molar-refractivity contribution in [2.75, 3.05) is 11.9 Å². The molecule has 3 rings (SSSR count). The molecule has 0 amide bonds. The quantitative estimate of drug-likeness (QED) is 0.835. The third-order valence-corrected chi connectivity index (χ3v) is 4.69. The Morgan fingerprint density at radius 2 is 1.95 bits per heavy atom. The first-order chi connectivity index (χ1) is 9.55. The zero-order valence-electron chi connectivity index (χ0n) is 12.3. The summed E-state index contributed by atoms with van der Waals surface area (Å²) in [5, 5.41) is 3.28. The molecule has 0 saturated heterocycles. The smallest absolute Gasteiger partial charge is 0.315 e. The molecule has 1 aliphatic carbocycles. The summed E-state index contributed by atoms with van der Waals surface area (Å²) in [6.45, 7) is 5.25. The van der Waals surface area contributed by atoms with Gasteiger partial charge in [-0.1, -0.05) is 32.0 Å². The van der Waals surface area contributed by atoms with Gasteiger partial charge < -0.3 is 10.1 Å². The van der Waals surface area contributed by atoms with Crippen molar-refractivity contribution in [3.05, 3.63) is 29.8 Å². The second kappa shape index (κ2) is 5.12. The summed E-state index contributed by atoms with van der Waals surface area (Å²) in [5.74, 6) is -0.201. The number of ether oxygens (including phenoxy) is 1. The lowest BCUT2D eigenvalue weighted by atomic mass is 9.76. The fourth-order valence-corrected chi connectivity index (χ4v) is 3.23. The summed E-state index contributed by atoms with van der Waals surface area (Å²) in [7, 11) is 0. The summed E-state index contributed by atoms with van der Waals surface area (Å²) < 4.78 is 5.75. The van der Waals surface area contributed by atoms with Crippen LogP contribution in [0.1, 0.15) is 51.0 Å². The van der Waals surface area contributed by atoms with Crippen LogP contribution in [-0.4, -0.2) is 18.6 Å². The van der Waals surface area contributed by atoms with E-state index in [1.54, 1.807) is 0 Å². The highest BCUT2D eigenvalue weighted by atomic mass is 16.5. The van der Waals surface area contributed by atoms with Gasteiger partial charge in [0.1, 0.15) is 12.0 Å². The highest BCUT2D eigenvalue weighted by molar-refractivity contribution is 5.84. The van der Waals surface area contributed by atoms with Crippen LogP contribution in [-0.2, 0) is 9.53 Å². The zero-order chi connectivity index (χ0) is 14.2. The number of anilines is 1. The van der Waals surface area contributed by atoms with Crippen LogP contribution in [0.2, 0.25) is 0 Å². The summed E-state index contributed by atoms with van der Waals surface area (Å²) >= 11 is 0. The zero-order valence-corrected chi connectivity index (χ0v) is 12.3. The molecule has 20 heavy (non-hydrogen) atoms. The molecular weight excluding hydrogens is 250 g/mol. The lowest BCUT2D eigenvalue weighted by Gasteiger charge is -2.34. The summed E-state index contributed by atoms with van der Waals surface area (Å²) in [6, 6.07) is 8.01. The normalized spacial score (nSPS) is 24.8. The van der Waals surface area contributed by atoms with Crippen LogP contribution in [0, 0.1) is 5.41 Å². The van der Waals surface area contributed by atoms with Crippen LogP contribution in [0.25, 0.3) is 0 Å². The Morgan fingerprint density at radius 3 is 2.70 bits per heavy atom. The fourth-order valence-electron chi connectivity index (χ4n) is 3.23.